The van der Waals surface area contributed by atoms with Gasteiger partial charge in [-0.15, -0.1) is 5.53 Å². The molecule has 0 atom stereocenters. The molecule has 1 heterocycles. The summed E-state index contributed by atoms with van der Waals surface area (Å²) in [6.07, 6.45) is 0. The molecule has 3 rings (SSSR count). The lowest BCUT2D eigenvalue weighted by Crippen LogP contribution is -2.24. The Morgan fingerprint density at radius 1 is 1.14 bits per heavy atom. The summed E-state index contributed by atoms with van der Waals surface area (Å²) in [6, 6.07) is 11.1. The Balaban J connectivity index is 1.72. The van der Waals surface area contributed by atoms with Crippen LogP contribution in [-0.2, 0) is 6.54 Å². The van der Waals surface area contributed by atoms with Gasteiger partial charge in [0.05, 0.1) is 18.5 Å². The molecule has 6 nitrogen and oxygen atoms in total. The van der Waals surface area contributed by atoms with Crippen LogP contribution >= 0.6 is 0 Å². The first-order valence-electron chi connectivity index (χ1n) is 7.01. The Labute approximate surface area is 128 Å². The average Bonchev–Trinajstić information content (AvgIpc) is 3.02. The first-order valence-corrected chi connectivity index (χ1v) is 7.01. The maximum Gasteiger partial charge on any atom is 0.251 e. The molecule has 1 aliphatic rings. The van der Waals surface area contributed by atoms with Crippen molar-refractivity contribution in [3.8, 4) is 5.75 Å². The van der Waals surface area contributed by atoms with Crippen molar-refractivity contribution in [2.75, 3.05) is 18.0 Å². The van der Waals surface area contributed by atoms with Crippen molar-refractivity contribution in [2.45, 2.75) is 13.5 Å². The standard InChI is InChI=1S/C16H18N4O2/c1-10-3-8-14-15(19-20-18-14)13(10)9-17-16(21)11-4-6-12(22-2)7-5-11/h3-8,18-20H,9H2,1-2H3,(H,17,21). The van der Waals surface area contributed by atoms with Gasteiger partial charge < -0.3 is 20.9 Å². The molecule has 114 valence electrons. The second-order valence-corrected chi connectivity index (χ2v) is 5.07. The van der Waals surface area contributed by atoms with Gasteiger partial charge in [0.1, 0.15) is 5.75 Å². The first kappa shape index (κ1) is 14.2. The van der Waals surface area contributed by atoms with Crippen molar-refractivity contribution in [1.82, 2.24) is 10.9 Å². The molecule has 0 aromatic heterocycles. The molecule has 0 fully saturated rings. The lowest BCUT2D eigenvalue weighted by molar-refractivity contribution is 0.0951. The van der Waals surface area contributed by atoms with E-state index in [4.69, 9.17) is 4.74 Å². The van der Waals surface area contributed by atoms with Crippen LogP contribution in [-0.4, -0.2) is 13.0 Å². The molecule has 2 aromatic carbocycles. The van der Waals surface area contributed by atoms with Crippen LogP contribution in [0, 0.1) is 6.92 Å². The Kier molecular flexibility index (Phi) is 3.84. The Morgan fingerprint density at radius 2 is 1.91 bits per heavy atom. The van der Waals surface area contributed by atoms with Crippen molar-refractivity contribution in [1.29, 1.82) is 0 Å². The van der Waals surface area contributed by atoms with Crippen molar-refractivity contribution in [2.24, 2.45) is 0 Å². The van der Waals surface area contributed by atoms with Gasteiger partial charge in [0.15, 0.2) is 0 Å². The van der Waals surface area contributed by atoms with Crippen LogP contribution in [0.4, 0.5) is 11.4 Å². The molecule has 6 heteroatoms. The minimum Gasteiger partial charge on any atom is -0.497 e. The third kappa shape index (κ3) is 2.68. The van der Waals surface area contributed by atoms with E-state index >= 15 is 0 Å². The summed E-state index contributed by atoms with van der Waals surface area (Å²) >= 11 is 0. The summed E-state index contributed by atoms with van der Waals surface area (Å²) in [5.41, 5.74) is 13.6. The van der Waals surface area contributed by atoms with Crippen molar-refractivity contribution >= 4 is 17.3 Å². The van der Waals surface area contributed by atoms with E-state index in [1.165, 1.54) is 0 Å². The fraction of sp³-hybridized carbons (Fsp3) is 0.188. The van der Waals surface area contributed by atoms with E-state index in [1.807, 2.05) is 19.1 Å². The van der Waals surface area contributed by atoms with Gasteiger partial charge in [-0.1, -0.05) is 6.07 Å². The van der Waals surface area contributed by atoms with E-state index < -0.39 is 0 Å². The number of fused-ring (bicyclic) bond motifs is 1. The van der Waals surface area contributed by atoms with E-state index in [1.54, 1.807) is 31.4 Å². The van der Waals surface area contributed by atoms with E-state index in [0.717, 1.165) is 28.3 Å². The molecule has 0 saturated carbocycles. The zero-order valence-electron chi connectivity index (χ0n) is 12.5. The Morgan fingerprint density at radius 3 is 2.64 bits per heavy atom. The molecular weight excluding hydrogens is 280 g/mol. The number of aryl methyl sites for hydroxylation is 1. The van der Waals surface area contributed by atoms with Crippen molar-refractivity contribution < 1.29 is 9.53 Å². The SMILES string of the molecule is COc1ccc(C(=O)NCc2c(C)ccc3c2NNN3)cc1. The number of nitrogens with one attached hydrogen (secondary N) is 4. The molecule has 0 saturated heterocycles. The number of anilines is 2. The van der Waals surface area contributed by atoms with E-state index in [9.17, 15) is 4.79 Å². The highest BCUT2D eigenvalue weighted by Gasteiger charge is 2.16. The smallest absolute Gasteiger partial charge is 0.251 e. The molecule has 0 spiro atoms. The molecular formula is C16H18N4O2. The summed E-state index contributed by atoms with van der Waals surface area (Å²) in [4.78, 5) is 12.2. The minimum atomic E-state index is -0.112. The van der Waals surface area contributed by atoms with Gasteiger partial charge in [0, 0.05) is 17.7 Å². The molecule has 0 aliphatic carbocycles. The number of benzene rings is 2. The second-order valence-electron chi connectivity index (χ2n) is 5.07. The number of ether oxygens (including phenoxy) is 1. The summed E-state index contributed by atoms with van der Waals surface area (Å²) in [6.45, 7) is 2.48. The van der Waals surface area contributed by atoms with Gasteiger partial charge in [0.25, 0.3) is 5.91 Å². The summed E-state index contributed by atoms with van der Waals surface area (Å²) in [5.74, 6) is 0.619. The summed E-state index contributed by atoms with van der Waals surface area (Å²) < 4.78 is 5.09. The van der Waals surface area contributed by atoms with E-state index in [2.05, 4.69) is 21.7 Å². The minimum absolute atomic E-state index is 0.112. The van der Waals surface area contributed by atoms with Crippen LogP contribution in [0.1, 0.15) is 21.5 Å². The predicted molar refractivity (Wildman–Crippen MR) is 85.7 cm³/mol. The van der Waals surface area contributed by atoms with Gasteiger partial charge in [-0.3, -0.25) is 4.79 Å². The van der Waals surface area contributed by atoms with Crippen LogP contribution in [0.5, 0.6) is 5.75 Å². The van der Waals surface area contributed by atoms with Gasteiger partial charge >= 0.3 is 0 Å². The molecule has 0 unspecified atom stereocenters. The fourth-order valence-electron chi connectivity index (χ4n) is 2.40. The van der Waals surface area contributed by atoms with Gasteiger partial charge in [-0.05, 0) is 42.8 Å². The van der Waals surface area contributed by atoms with Crippen LogP contribution in [0.3, 0.4) is 0 Å². The molecule has 1 aliphatic heterocycles. The monoisotopic (exact) mass is 298 g/mol. The maximum absolute atomic E-state index is 12.2. The lowest BCUT2D eigenvalue weighted by atomic mass is 10.0. The molecule has 0 radical (unpaired) electrons. The number of methoxy groups -OCH3 is 1. The fourth-order valence-corrected chi connectivity index (χ4v) is 2.40. The zero-order chi connectivity index (χ0) is 15.5. The number of carbonyl (C=O) groups excluding carboxylic acids is 1. The summed E-state index contributed by atoms with van der Waals surface area (Å²) in [7, 11) is 1.60. The number of carbonyl (C=O) groups is 1. The lowest BCUT2D eigenvalue weighted by Gasteiger charge is -2.12. The Hall–Kier alpha value is -2.73. The van der Waals surface area contributed by atoms with Crippen LogP contribution < -0.4 is 26.4 Å². The number of amides is 1. The highest BCUT2D eigenvalue weighted by atomic mass is 16.5. The molecule has 22 heavy (non-hydrogen) atoms. The quantitative estimate of drug-likeness (QED) is 0.696. The average molecular weight is 298 g/mol. The van der Waals surface area contributed by atoms with Gasteiger partial charge in [0.2, 0.25) is 0 Å². The van der Waals surface area contributed by atoms with Crippen molar-refractivity contribution in [3.63, 3.8) is 0 Å². The van der Waals surface area contributed by atoms with Crippen LogP contribution in [0.15, 0.2) is 36.4 Å². The highest BCUT2D eigenvalue weighted by molar-refractivity contribution is 5.94. The zero-order valence-corrected chi connectivity index (χ0v) is 12.5. The number of rotatable bonds is 4. The van der Waals surface area contributed by atoms with Gasteiger partial charge in [-0.25, -0.2) is 0 Å². The van der Waals surface area contributed by atoms with Crippen molar-refractivity contribution in [3.05, 3.63) is 53.1 Å². The van der Waals surface area contributed by atoms with Gasteiger partial charge in [-0.2, -0.15) is 0 Å². The number of hydrogen-bond donors (Lipinski definition) is 4. The van der Waals surface area contributed by atoms with Crippen LogP contribution in [0.2, 0.25) is 0 Å². The number of hydrogen-bond acceptors (Lipinski definition) is 5. The second kappa shape index (κ2) is 5.95. The largest absolute Gasteiger partial charge is 0.497 e. The topological polar surface area (TPSA) is 74.4 Å². The highest BCUT2D eigenvalue weighted by Crippen LogP contribution is 2.30. The molecule has 0 bridgehead atoms. The molecule has 2 aromatic rings. The number of hydrazine groups is 2. The van der Waals surface area contributed by atoms with E-state index in [0.29, 0.717) is 12.1 Å². The summed E-state index contributed by atoms with van der Waals surface area (Å²) in [5, 5.41) is 2.95. The first-order chi connectivity index (χ1) is 10.7. The molecule has 1 amide bonds. The third-order valence-corrected chi connectivity index (χ3v) is 3.71. The third-order valence-electron chi connectivity index (χ3n) is 3.71. The van der Waals surface area contributed by atoms with Crippen LogP contribution in [0.25, 0.3) is 0 Å². The maximum atomic E-state index is 12.2. The normalized spacial score (nSPS) is 12.1. The Bertz CT molecular complexity index is 698. The van der Waals surface area contributed by atoms with E-state index in [-0.39, 0.29) is 5.91 Å². The molecule has 4 N–H and O–H groups in total. The predicted octanol–water partition coefficient (Wildman–Crippen LogP) is 2.19.